The van der Waals surface area contributed by atoms with E-state index in [2.05, 4.69) is 26.2 Å². The summed E-state index contributed by atoms with van der Waals surface area (Å²) in [4.78, 5) is 56.7. The van der Waals surface area contributed by atoms with Crippen molar-refractivity contribution < 1.29 is 39.6 Å². The Morgan fingerprint density at radius 3 is 2.45 bits per heavy atom. The van der Waals surface area contributed by atoms with E-state index in [0.717, 1.165) is 0 Å². The number of aliphatic hydroxyl groups excluding tert-OH is 2. The third-order valence-electron chi connectivity index (χ3n) is 8.14. The van der Waals surface area contributed by atoms with Gasteiger partial charge in [0.1, 0.15) is 27.6 Å². The number of aromatic nitrogens is 1. The number of hydrogen-bond acceptors (Lipinski definition) is 10. The Bertz CT molecular complexity index is 1630. The van der Waals surface area contributed by atoms with Gasteiger partial charge in [0.05, 0.1) is 16.6 Å². The number of aromatic hydroxyl groups is 1. The minimum absolute atomic E-state index is 0.0328. The van der Waals surface area contributed by atoms with E-state index >= 15 is 0 Å². The van der Waals surface area contributed by atoms with E-state index in [0.29, 0.717) is 11.1 Å². The van der Waals surface area contributed by atoms with Crippen LogP contribution >= 0.6 is 27.5 Å². The molecule has 1 saturated carbocycles. The molecule has 42 heavy (non-hydrogen) atoms. The number of alkyl halides is 1. The molecule has 5 atom stereocenters. The number of nitrogens with one attached hydrogen (secondary N) is 1. The minimum Gasteiger partial charge on any atom is -0.508 e. The van der Waals surface area contributed by atoms with Crippen LogP contribution in [0.3, 0.4) is 0 Å². The number of nitrogens with zero attached hydrogens (tertiary/aromatic N) is 2. The predicted molar refractivity (Wildman–Crippen MR) is 154 cm³/mol. The molecule has 0 aliphatic heterocycles. The number of rotatable bonds is 5. The zero-order valence-corrected chi connectivity index (χ0v) is 24.6. The van der Waals surface area contributed by atoms with Crippen molar-refractivity contribution in [2.75, 3.05) is 19.4 Å². The van der Waals surface area contributed by atoms with E-state index < -0.39 is 74.5 Å². The Labute approximate surface area is 252 Å². The molecule has 3 aliphatic carbocycles. The maximum absolute atomic E-state index is 13.9. The van der Waals surface area contributed by atoms with Crippen LogP contribution in [-0.2, 0) is 25.6 Å². The largest absolute Gasteiger partial charge is 0.508 e. The molecule has 5 rings (SSSR count). The Morgan fingerprint density at radius 1 is 1.21 bits per heavy atom. The molecule has 7 N–H and O–H groups in total. The van der Waals surface area contributed by atoms with E-state index in [1.807, 2.05) is 0 Å². The minimum atomic E-state index is -2.75. The summed E-state index contributed by atoms with van der Waals surface area (Å²) in [6.07, 6.45) is 3.01. The van der Waals surface area contributed by atoms with Crippen LogP contribution in [0.25, 0.3) is 5.76 Å². The summed E-state index contributed by atoms with van der Waals surface area (Å²) < 4.78 is 0. The van der Waals surface area contributed by atoms with Crippen LogP contribution in [0.15, 0.2) is 47.5 Å². The number of aliphatic hydroxyl groups is 3. The molecule has 12 nitrogen and oxygen atoms in total. The van der Waals surface area contributed by atoms with Gasteiger partial charge in [-0.15, -0.1) is 0 Å². The number of likely N-dealkylation sites (N-methyl/N-ethyl adjacent to an activating group) is 1. The number of benzene rings is 1. The summed E-state index contributed by atoms with van der Waals surface area (Å²) in [7, 11) is 3.04. The van der Waals surface area contributed by atoms with Gasteiger partial charge in [0.15, 0.2) is 17.1 Å². The number of phenolic OH excluding ortho intramolecular Hbond substituents is 1. The summed E-state index contributed by atoms with van der Waals surface area (Å²) in [5, 5.41) is 47.7. The topological polar surface area (TPSA) is 203 Å². The standard InChI is InChI=1S/C28H26BrClN4O8/c1-34(2)20-13-8-11-7-12-9-14(30)19(33-27(41)18(29)10-3-5-32-6-4-10)22(36)15(12)21(35)16(11)24(38)28(13,42)25(39)17(23(20)37)26(31)40/h3-6,9,11,13,18,20,35-36,39,42H,7-8H2,1-2H3,(H2,31,40)(H,33,41)/t11?,13?,18?,20-,28-/m0/s1. The number of carbonyl (C=O) groups is 4. The maximum Gasteiger partial charge on any atom is 0.255 e. The summed E-state index contributed by atoms with van der Waals surface area (Å²) in [5.74, 6) is -8.31. The molecule has 1 heterocycles. The lowest BCUT2D eigenvalue weighted by atomic mass is 9.57. The predicted octanol–water partition coefficient (Wildman–Crippen LogP) is 2.09. The third kappa shape index (κ3) is 4.30. The van der Waals surface area contributed by atoms with E-state index in [4.69, 9.17) is 17.3 Å². The molecule has 2 aromatic rings. The number of fused-ring (bicyclic) bond motifs is 3. The molecule has 14 heteroatoms. The number of amides is 2. The second-order valence-corrected chi connectivity index (χ2v) is 12.0. The van der Waals surface area contributed by atoms with Crippen LogP contribution in [0.2, 0.25) is 5.02 Å². The molecule has 0 radical (unpaired) electrons. The Morgan fingerprint density at radius 2 is 1.86 bits per heavy atom. The van der Waals surface area contributed by atoms with Crippen LogP contribution in [-0.4, -0.2) is 79.4 Å². The number of nitrogens with two attached hydrogens (primary N) is 1. The number of carbonyl (C=O) groups excluding carboxylic acids is 4. The van der Waals surface area contributed by atoms with Gasteiger partial charge in [-0.05, 0) is 62.2 Å². The normalized spacial score (nSPS) is 26.0. The first-order valence-electron chi connectivity index (χ1n) is 12.8. The molecule has 1 aromatic carbocycles. The Balaban J connectivity index is 1.61. The molecule has 220 valence electrons. The lowest BCUT2D eigenvalue weighted by molar-refractivity contribution is -0.153. The summed E-state index contributed by atoms with van der Waals surface area (Å²) in [6, 6.07) is 3.49. The monoisotopic (exact) mass is 660 g/mol. The molecule has 0 spiro atoms. The Kier molecular flexibility index (Phi) is 7.42. The van der Waals surface area contributed by atoms with Gasteiger partial charge >= 0.3 is 0 Å². The van der Waals surface area contributed by atoms with Crippen molar-refractivity contribution in [1.82, 2.24) is 9.88 Å². The second-order valence-electron chi connectivity index (χ2n) is 10.7. The fraction of sp³-hybridized carbons (Fsp3) is 0.321. The summed E-state index contributed by atoms with van der Waals surface area (Å²) >= 11 is 9.75. The maximum atomic E-state index is 13.9. The van der Waals surface area contributed by atoms with Gasteiger partial charge in [-0.1, -0.05) is 27.5 Å². The van der Waals surface area contributed by atoms with Gasteiger partial charge in [-0.25, -0.2) is 0 Å². The number of primary amides is 1. The van der Waals surface area contributed by atoms with Gasteiger partial charge in [0.2, 0.25) is 11.7 Å². The average Bonchev–Trinajstić information content (AvgIpc) is 2.92. The summed E-state index contributed by atoms with van der Waals surface area (Å²) in [6.45, 7) is 0. The van der Waals surface area contributed by atoms with Crippen LogP contribution in [0, 0.1) is 11.8 Å². The van der Waals surface area contributed by atoms with Crippen LogP contribution in [0.1, 0.15) is 27.9 Å². The third-order valence-corrected chi connectivity index (χ3v) is 9.38. The highest BCUT2D eigenvalue weighted by Crippen LogP contribution is 2.54. The fourth-order valence-corrected chi connectivity index (χ4v) is 6.94. The molecular formula is C28H26BrClN4O8. The van der Waals surface area contributed by atoms with Crippen LogP contribution < -0.4 is 11.1 Å². The van der Waals surface area contributed by atoms with Gasteiger partial charge in [-0.3, -0.25) is 29.1 Å². The quantitative estimate of drug-likeness (QED) is 0.156. The number of Topliss-reactive ketones (excluding diaryl/α,β-unsaturated/α-hetero) is 2. The van der Waals surface area contributed by atoms with Gasteiger partial charge in [0, 0.05) is 23.9 Å². The molecule has 0 bridgehead atoms. The van der Waals surface area contributed by atoms with E-state index in [1.165, 1.54) is 37.5 Å². The average molecular weight is 662 g/mol. The van der Waals surface area contributed by atoms with E-state index in [1.54, 1.807) is 12.1 Å². The highest BCUT2D eigenvalue weighted by Gasteiger charge is 2.64. The number of anilines is 1. The molecule has 2 amide bonds. The molecular weight excluding hydrogens is 636 g/mol. The van der Waals surface area contributed by atoms with Crippen molar-refractivity contribution >= 4 is 62.4 Å². The highest BCUT2D eigenvalue weighted by molar-refractivity contribution is 9.09. The zero-order chi connectivity index (χ0) is 30.8. The van der Waals surface area contributed by atoms with Crippen molar-refractivity contribution in [2.45, 2.75) is 29.3 Å². The molecule has 1 aromatic heterocycles. The van der Waals surface area contributed by atoms with Crippen molar-refractivity contribution in [3.05, 3.63) is 69.2 Å². The highest BCUT2D eigenvalue weighted by atomic mass is 79.9. The molecule has 0 saturated heterocycles. The molecule has 1 fully saturated rings. The first-order valence-corrected chi connectivity index (χ1v) is 14.0. The Hall–Kier alpha value is -3.78. The van der Waals surface area contributed by atoms with Crippen molar-refractivity contribution in [3.8, 4) is 5.75 Å². The van der Waals surface area contributed by atoms with E-state index in [-0.39, 0.29) is 34.7 Å². The number of ketones is 2. The molecule has 3 unspecified atom stereocenters. The van der Waals surface area contributed by atoms with Gasteiger partial charge in [0.25, 0.3) is 5.91 Å². The van der Waals surface area contributed by atoms with Crippen molar-refractivity contribution in [1.29, 1.82) is 0 Å². The van der Waals surface area contributed by atoms with Crippen molar-refractivity contribution in [3.63, 3.8) is 0 Å². The van der Waals surface area contributed by atoms with E-state index in [9.17, 15) is 39.6 Å². The number of hydrogen-bond donors (Lipinski definition) is 6. The zero-order valence-electron chi connectivity index (χ0n) is 22.3. The lowest BCUT2D eigenvalue weighted by Crippen LogP contribution is -2.65. The number of phenols is 1. The van der Waals surface area contributed by atoms with Gasteiger partial charge in [-0.2, -0.15) is 0 Å². The fourth-order valence-electron chi connectivity index (χ4n) is 6.25. The number of halogens is 2. The second kappa shape index (κ2) is 10.5. The SMILES string of the molecule is CN(C)[C@@H]1C(=O)C(C(N)=O)=C(O)[C@@]2(O)C(=O)C3=C(O)c4c(cc(Cl)c(NC(=O)C(Br)c5ccncc5)c4O)CC3CC12. The first-order chi connectivity index (χ1) is 19.7. The smallest absolute Gasteiger partial charge is 0.255 e. The van der Waals surface area contributed by atoms with Crippen molar-refractivity contribution in [2.24, 2.45) is 17.6 Å². The summed E-state index contributed by atoms with van der Waals surface area (Å²) in [5.41, 5.74) is 1.89. The van der Waals surface area contributed by atoms with Crippen LogP contribution in [0.5, 0.6) is 5.75 Å². The first kappa shape index (κ1) is 29.7. The lowest BCUT2D eigenvalue weighted by Gasteiger charge is -2.50. The number of pyridine rings is 1. The van der Waals surface area contributed by atoms with Gasteiger partial charge < -0.3 is 31.5 Å². The van der Waals surface area contributed by atoms with Crippen LogP contribution in [0.4, 0.5) is 5.69 Å². The molecule has 3 aliphatic rings.